The first-order valence-electron chi connectivity index (χ1n) is 10.3. The Bertz CT molecular complexity index is 1050. The van der Waals surface area contributed by atoms with E-state index in [9.17, 15) is 9.59 Å². The zero-order valence-corrected chi connectivity index (χ0v) is 17.5. The summed E-state index contributed by atoms with van der Waals surface area (Å²) in [6, 6.07) is 19.4. The van der Waals surface area contributed by atoms with Gasteiger partial charge < -0.3 is 15.0 Å². The molecule has 0 saturated carbocycles. The summed E-state index contributed by atoms with van der Waals surface area (Å²) >= 11 is 0. The van der Waals surface area contributed by atoms with Crippen molar-refractivity contribution in [3.63, 3.8) is 0 Å². The maximum atomic E-state index is 13.0. The number of hydrogen-bond donors (Lipinski definition) is 1. The van der Waals surface area contributed by atoms with Crippen LogP contribution >= 0.6 is 0 Å². The highest BCUT2D eigenvalue weighted by Crippen LogP contribution is 2.28. The number of benzene rings is 2. The lowest BCUT2D eigenvalue weighted by molar-refractivity contribution is -0.124. The molecule has 6 nitrogen and oxygen atoms in total. The molecule has 1 saturated heterocycles. The maximum absolute atomic E-state index is 13.0. The zero-order valence-electron chi connectivity index (χ0n) is 17.5. The van der Waals surface area contributed by atoms with Crippen LogP contribution in [-0.2, 0) is 11.2 Å². The number of rotatable bonds is 5. The number of ether oxygens (including phenoxy) is 1. The van der Waals surface area contributed by atoms with Crippen molar-refractivity contribution in [3.8, 4) is 16.9 Å². The summed E-state index contributed by atoms with van der Waals surface area (Å²) < 4.78 is 5.26. The van der Waals surface area contributed by atoms with Gasteiger partial charge >= 0.3 is 0 Å². The third kappa shape index (κ3) is 4.74. The van der Waals surface area contributed by atoms with Crippen molar-refractivity contribution < 1.29 is 14.3 Å². The SMILES string of the molecule is COc1ccc(-c2ccccc2C[C@H]2CN(C(=O)c3ccncc3)CCNC2=O)cc1. The molecule has 158 valence electrons. The van der Waals surface area contributed by atoms with E-state index in [0.29, 0.717) is 31.6 Å². The highest BCUT2D eigenvalue weighted by atomic mass is 16.5. The first-order valence-corrected chi connectivity index (χ1v) is 10.3. The van der Waals surface area contributed by atoms with Gasteiger partial charge in [0.05, 0.1) is 13.0 Å². The molecule has 2 aromatic carbocycles. The summed E-state index contributed by atoms with van der Waals surface area (Å²) in [6.07, 6.45) is 3.77. The first kappa shape index (κ1) is 20.6. The van der Waals surface area contributed by atoms with E-state index in [-0.39, 0.29) is 17.7 Å². The molecular formula is C25H25N3O3. The molecule has 0 bridgehead atoms. The van der Waals surface area contributed by atoms with E-state index in [4.69, 9.17) is 4.74 Å². The van der Waals surface area contributed by atoms with Crippen LogP contribution in [0.2, 0.25) is 0 Å². The van der Waals surface area contributed by atoms with E-state index in [1.54, 1.807) is 36.5 Å². The minimum absolute atomic E-state index is 0.0189. The number of carbonyl (C=O) groups is 2. The average Bonchev–Trinajstić information content (AvgIpc) is 3.01. The van der Waals surface area contributed by atoms with E-state index >= 15 is 0 Å². The summed E-state index contributed by atoms with van der Waals surface area (Å²) in [5.41, 5.74) is 3.80. The Kier molecular flexibility index (Phi) is 6.26. The molecule has 1 fully saturated rings. The van der Waals surface area contributed by atoms with Gasteiger partial charge in [-0.2, -0.15) is 0 Å². The Morgan fingerprint density at radius 2 is 1.84 bits per heavy atom. The minimum atomic E-state index is -0.326. The van der Waals surface area contributed by atoms with E-state index < -0.39 is 0 Å². The summed E-state index contributed by atoms with van der Waals surface area (Å²) in [7, 11) is 1.65. The molecule has 0 unspecified atom stereocenters. The first-order chi connectivity index (χ1) is 15.2. The molecule has 1 aromatic heterocycles. The van der Waals surface area contributed by atoms with Crippen LogP contribution in [0.25, 0.3) is 11.1 Å². The fourth-order valence-electron chi connectivity index (χ4n) is 3.93. The van der Waals surface area contributed by atoms with Gasteiger partial charge in [-0.25, -0.2) is 0 Å². The van der Waals surface area contributed by atoms with Gasteiger partial charge in [0.15, 0.2) is 0 Å². The molecule has 31 heavy (non-hydrogen) atoms. The van der Waals surface area contributed by atoms with Gasteiger partial charge in [-0.1, -0.05) is 36.4 Å². The number of carbonyl (C=O) groups excluding carboxylic acids is 2. The summed E-state index contributed by atoms with van der Waals surface area (Å²) in [6.45, 7) is 1.32. The van der Waals surface area contributed by atoms with Gasteiger partial charge in [-0.15, -0.1) is 0 Å². The van der Waals surface area contributed by atoms with Crippen LogP contribution in [0.15, 0.2) is 73.1 Å². The van der Waals surface area contributed by atoms with Crippen molar-refractivity contribution in [2.75, 3.05) is 26.7 Å². The number of methoxy groups -OCH3 is 1. The standard InChI is InChI=1S/C25H25N3O3/c1-31-22-8-6-18(7-9-22)23-5-3-2-4-20(23)16-21-17-28(15-14-27-24(21)29)25(30)19-10-12-26-13-11-19/h2-13,21H,14-17H2,1H3,(H,27,29)/t21-/m0/s1. The van der Waals surface area contributed by atoms with Gasteiger partial charge in [0.1, 0.15) is 5.75 Å². The monoisotopic (exact) mass is 415 g/mol. The van der Waals surface area contributed by atoms with Crippen LogP contribution < -0.4 is 10.1 Å². The highest BCUT2D eigenvalue weighted by Gasteiger charge is 2.29. The van der Waals surface area contributed by atoms with Crippen LogP contribution in [0, 0.1) is 5.92 Å². The Morgan fingerprint density at radius 3 is 2.58 bits per heavy atom. The normalized spacial score (nSPS) is 16.4. The third-order valence-electron chi connectivity index (χ3n) is 5.59. The summed E-state index contributed by atoms with van der Waals surface area (Å²) in [4.78, 5) is 31.5. The topological polar surface area (TPSA) is 71.5 Å². The number of pyridine rings is 1. The number of nitrogens with one attached hydrogen (secondary N) is 1. The molecule has 1 aliphatic rings. The average molecular weight is 415 g/mol. The fraction of sp³-hybridized carbons (Fsp3) is 0.240. The molecule has 1 N–H and O–H groups in total. The predicted molar refractivity (Wildman–Crippen MR) is 119 cm³/mol. The fourth-order valence-corrected chi connectivity index (χ4v) is 3.93. The lowest BCUT2D eigenvalue weighted by Gasteiger charge is -2.24. The van der Waals surface area contributed by atoms with Crippen molar-refractivity contribution in [3.05, 3.63) is 84.2 Å². The third-order valence-corrected chi connectivity index (χ3v) is 5.59. The van der Waals surface area contributed by atoms with E-state index in [2.05, 4.69) is 16.4 Å². The highest BCUT2D eigenvalue weighted by molar-refractivity contribution is 5.94. The largest absolute Gasteiger partial charge is 0.497 e. The Morgan fingerprint density at radius 1 is 1.10 bits per heavy atom. The van der Waals surface area contributed by atoms with Gasteiger partial charge in [0, 0.05) is 37.6 Å². The van der Waals surface area contributed by atoms with Gasteiger partial charge in [0.25, 0.3) is 5.91 Å². The second-order valence-electron chi connectivity index (χ2n) is 7.56. The number of hydrogen-bond acceptors (Lipinski definition) is 4. The molecular weight excluding hydrogens is 390 g/mol. The van der Waals surface area contributed by atoms with Gasteiger partial charge in [0.2, 0.25) is 5.91 Å². The second kappa shape index (κ2) is 9.43. The molecule has 0 spiro atoms. The van der Waals surface area contributed by atoms with Crippen molar-refractivity contribution in [1.82, 2.24) is 15.2 Å². The Balaban J connectivity index is 1.57. The molecule has 1 atom stereocenters. The predicted octanol–water partition coefficient (Wildman–Crippen LogP) is 3.19. The number of nitrogens with zero attached hydrogens (tertiary/aromatic N) is 2. The Hall–Kier alpha value is -3.67. The molecule has 4 rings (SSSR count). The molecule has 2 amide bonds. The van der Waals surface area contributed by atoms with Crippen LogP contribution in [0.4, 0.5) is 0 Å². The van der Waals surface area contributed by atoms with Crippen molar-refractivity contribution in [1.29, 1.82) is 0 Å². The maximum Gasteiger partial charge on any atom is 0.254 e. The van der Waals surface area contributed by atoms with Crippen molar-refractivity contribution >= 4 is 11.8 Å². The molecule has 1 aliphatic heterocycles. The molecule has 3 aromatic rings. The Labute approximate surface area is 181 Å². The molecule has 6 heteroatoms. The summed E-state index contributed by atoms with van der Waals surface area (Å²) in [5.74, 6) is 0.379. The quantitative estimate of drug-likeness (QED) is 0.695. The molecule has 2 heterocycles. The summed E-state index contributed by atoms with van der Waals surface area (Å²) in [5, 5.41) is 2.96. The molecule has 0 aliphatic carbocycles. The minimum Gasteiger partial charge on any atom is -0.497 e. The lowest BCUT2D eigenvalue weighted by atomic mass is 9.91. The second-order valence-corrected chi connectivity index (χ2v) is 7.56. The number of aromatic nitrogens is 1. The van der Waals surface area contributed by atoms with Crippen molar-refractivity contribution in [2.45, 2.75) is 6.42 Å². The smallest absolute Gasteiger partial charge is 0.254 e. The van der Waals surface area contributed by atoms with Gasteiger partial charge in [-0.3, -0.25) is 14.6 Å². The van der Waals surface area contributed by atoms with Crippen molar-refractivity contribution in [2.24, 2.45) is 5.92 Å². The molecule has 0 radical (unpaired) electrons. The van der Waals surface area contributed by atoms with E-state index in [1.807, 2.05) is 42.5 Å². The van der Waals surface area contributed by atoms with Crippen LogP contribution in [-0.4, -0.2) is 48.4 Å². The zero-order chi connectivity index (χ0) is 21.6. The van der Waals surface area contributed by atoms with Crippen LogP contribution in [0.1, 0.15) is 15.9 Å². The van der Waals surface area contributed by atoms with Crippen LogP contribution in [0.5, 0.6) is 5.75 Å². The van der Waals surface area contributed by atoms with Crippen LogP contribution in [0.3, 0.4) is 0 Å². The number of amides is 2. The van der Waals surface area contributed by atoms with Gasteiger partial charge in [-0.05, 0) is 47.4 Å². The lowest BCUT2D eigenvalue weighted by Crippen LogP contribution is -2.37. The van der Waals surface area contributed by atoms with E-state index in [0.717, 1.165) is 22.4 Å². The van der Waals surface area contributed by atoms with E-state index in [1.165, 1.54) is 0 Å².